The van der Waals surface area contributed by atoms with E-state index < -0.39 is 29.7 Å². The summed E-state index contributed by atoms with van der Waals surface area (Å²) in [5, 5.41) is 9.64. The van der Waals surface area contributed by atoms with Crippen LogP contribution in [0.25, 0.3) is 0 Å². The van der Waals surface area contributed by atoms with Crippen LogP contribution in [0.5, 0.6) is 0 Å². The molecule has 88 valence electrons. The van der Waals surface area contributed by atoms with Crippen molar-refractivity contribution in [2.75, 3.05) is 9.66 Å². The van der Waals surface area contributed by atoms with E-state index in [1.54, 1.807) is 22.9 Å². The summed E-state index contributed by atoms with van der Waals surface area (Å²) in [5.74, 6) is -0.798. The number of β-amino-alcohol motifs (C(OH)–C–C–N with tert-alkyl or cyclic N) is 1. The number of nitrogens with zero attached hydrogens (tertiary/aromatic N) is 1. The van der Waals surface area contributed by atoms with Gasteiger partial charge in [-0.15, -0.1) is 0 Å². The van der Waals surface area contributed by atoms with Gasteiger partial charge in [-0.3, -0.25) is 0 Å². The second-order valence-electron chi connectivity index (χ2n) is 3.54. The van der Waals surface area contributed by atoms with E-state index >= 15 is 0 Å². The van der Waals surface area contributed by atoms with Gasteiger partial charge in [-0.1, -0.05) is 0 Å². The lowest BCUT2D eigenvalue weighted by atomic mass is 9.95. The van der Waals surface area contributed by atoms with Gasteiger partial charge in [0.2, 0.25) is 5.60 Å². The first-order chi connectivity index (χ1) is 7.25. The zero-order chi connectivity index (χ0) is 12.1. The van der Waals surface area contributed by atoms with Crippen molar-refractivity contribution < 1.29 is 22.7 Å². The highest BCUT2D eigenvalue weighted by Crippen LogP contribution is 2.49. The third kappa shape index (κ3) is 1.56. The van der Waals surface area contributed by atoms with Crippen molar-refractivity contribution in [1.82, 2.24) is 0 Å². The summed E-state index contributed by atoms with van der Waals surface area (Å²) in [5.41, 5.74) is -3.25. The average molecular weight is 347 g/mol. The Morgan fingerprint density at radius 1 is 1.38 bits per heavy atom. The lowest BCUT2D eigenvalue weighted by Gasteiger charge is -2.26. The molecule has 1 aromatic rings. The molecule has 0 aliphatic carbocycles. The summed E-state index contributed by atoms with van der Waals surface area (Å²) in [6, 6.07) is 3.01. The standard InChI is InChI=1S/C9H6F4INO/c10-5-1-2-7-6(3-5)8(16,4-15(7)14)9(11,12)13/h1-3,16H,4H2/t8-/m0/s1. The number of anilines is 1. The Morgan fingerprint density at radius 3 is 2.56 bits per heavy atom. The molecule has 2 nitrogen and oxygen atoms in total. The molecular formula is C9H6F4INO. The molecule has 0 radical (unpaired) electrons. The molecule has 1 atom stereocenters. The van der Waals surface area contributed by atoms with Gasteiger partial charge in [-0.25, -0.2) is 4.39 Å². The predicted molar refractivity (Wildman–Crippen MR) is 57.7 cm³/mol. The van der Waals surface area contributed by atoms with Gasteiger partial charge in [0.15, 0.2) is 0 Å². The fraction of sp³-hybridized carbons (Fsp3) is 0.333. The van der Waals surface area contributed by atoms with Crippen LogP contribution in [0.2, 0.25) is 0 Å². The van der Waals surface area contributed by atoms with E-state index in [2.05, 4.69) is 0 Å². The summed E-state index contributed by atoms with van der Waals surface area (Å²) in [6.45, 7) is -0.629. The maximum Gasteiger partial charge on any atom is 0.423 e. The van der Waals surface area contributed by atoms with Crippen LogP contribution in [0.1, 0.15) is 5.56 Å². The number of halogens is 5. The monoisotopic (exact) mass is 347 g/mol. The lowest BCUT2D eigenvalue weighted by molar-refractivity contribution is -0.258. The van der Waals surface area contributed by atoms with Gasteiger partial charge in [0.05, 0.1) is 35.1 Å². The molecule has 1 N–H and O–H groups in total. The summed E-state index contributed by atoms with van der Waals surface area (Å²) >= 11 is 1.65. The van der Waals surface area contributed by atoms with E-state index in [-0.39, 0.29) is 5.69 Å². The Bertz CT molecular complexity index is 436. The summed E-state index contributed by atoms with van der Waals surface area (Å²) in [4.78, 5) is 0. The van der Waals surface area contributed by atoms with Gasteiger partial charge in [0.25, 0.3) is 0 Å². The van der Waals surface area contributed by atoms with Crippen LogP contribution in [0, 0.1) is 5.82 Å². The first-order valence-corrected chi connectivity index (χ1v) is 5.24. The molecule has 16 heavy (non-hydrogen) atoms. The number of benzene rings is 1. The van der Waals surface area contributed by atoms with E-state index in [1.807, 2.05) is 0 Å². The molecule has 1 heterocycles. The zero-order valence-corrected chi connectivity index (χ0v) is 9.88. The fourth-order valence-corrected chi connectivity index (χ4v) is 2.58. The number of hydrogen-bond acceptors (Lipinski definition) is 2. The van der Waals surface area contributed by atoms with Gasteiger partial charge in [-0.05, 0) is 18.2 Å². The molecule has 7 heteroatoms. The predicted octanol–water partition coefficient (Wildman–Crippen LogP) is 2.75. The van der Waals surface area contributed by atoms with E-state index in [0.717, 1.165) is 12.1 Å². The average Bonchev–Trinajstić information content (AvgIpc) is 2.39. The molecule has 0 saturated heterocycles. The highest BCUT2D eigenvalue weighted by atomic mass is 127. The number of fused-ring (bicyclic) bond motifs is 1. The third-order valence-corrected chi connectivity index (χ3v) is 3.36. The molecule has 0 saturated carbocycles. The van der Waals surface area contributed by atoms with Gasteiger partial charge in [0.1, 0.15) is 5.82 Å². The molecule has 2 rings (SSSR count). The highest BCUT2D eigenvalue weighted by molar-refractivity contribution is 14.1. The second kappa shape index (κ2) is 3.46. The number of alkyl halides is 3. The van der Waals surface area contributed by atoms with E-state index in [9.17, 15) is 22.7 Å². The summed E-state index contributed by atoms with van der Waals surface area (Å²) in [6.07, 6.45) is -4.82. The van der Waals surface area contributed by atoms with Gasteiger partial charge in [-0.2, -0.15) is 13.2 Å². The number of hydrogen-bond donors (Lipinski definition) is 1. The van der Waals surface area contributed by atoms with Crippen molar-refractivity contribution in [1.29, 1.82) is 0 Å². The first kappa shape index (κ1) is 11.9. The van der Waals surface area contributed by atoms with Crippen molar-refractivity contribution in [2.45, 2.75) is 11.8 Å². The minimum Gasteiger partial charge on any atom is -0.375 e. The van der Waals surface area contributed by atoms with Crippen LogP contribution in [0.15, 0.2) is 18.2 Å². The molecule has 0 unspecified atom stereocenters. The molecule has 0 fully saturated rings. The molecule has 0 spiro atoms. The molecule has 0 amide bonds. The number of aliphatic hydroxyl groups is 1. The first-order valence-electron chi connectivity index (χ1n) is 4.28. The Balaban J connectivity index is 2.62. The largest absolute Gasteiger partial charge is 0.423 e. The third-order valence-electron chi connectivity index (χ3n) is 2.50. The van der Waals surface area contributed by atoms with Crippen LogP contribution < -0.4 is 3.11 Å². The van der Waals surface area contributed by atoms with Crippen molar-refractivity contribution >= 4 is 28.6 Å². The minimum absolute atomic E-state index is 0.182. The quantitative estimate of drug-likeness (QED) is 0.443. The normalized spacial score (nSPS) is 24.8. The van der Waals surface area contributed by atoms with Crippen molar-refractivity contribution in [3.8, 4) is 0 Å². The van der Waals surface area contributed by atoms with Crippen LogP contribution in [-0.4, -0.2) is 17.8 Å². The van der Waals surface area contributed by atoms with Crippen LogP contribution in [-0.2, 0) is 5.60 Å². The van der Waals surface area contributed by atoms with Crippen LogP contribution >= 0.6 is 22.9 Å². The van der Waals surface area contributed by atoms with Crippen molar-refractivity contribution in [2.24, 2.45) is 0 Å². The maximum absolute atomic E-state index is 12.9. The zero-order valence-electron chi connectivity index (χ0n) is 7.72. The Kier molecular flexibility index (Phi) is 2.57. The topological polar surface area (TPSA) is 23.5 Å². The fourth-order valence-electron chi connectivity index (χ4n) is 1.66. The second-order valence-corrected chi connectivity index (χ2v) is 4.70. The molecule has 1 aliphatic rings. The Labute approximate surface area is 102 Å². The van der Waals surface area contributed by atoms with E-state index in [0.29, 0.717) is 0 Å². The SMILES string of the molecule is O[C@@]1(C(F)(F)F)CN(I)c2ccc(F)cc21. The van der Waals surface area contributed by atoms with Crippen molar-refractivity contribution in [3.63, 3.8) is 0 Å². The molecular weight excluding hydrogens is 341 g/mol. The Hall–Kier alpha value is -0.570. The maximum atomic E-state index is 12.9. The van der Waals surface area contributed by atoms with Crippen LogP contribution in [0.4, 0.5) is 23.2 Å². The van der Waals surface area contributed by atoms with Crippen molar-refractivity contribution in [3.05, 3.63) is 29.6 Å². The summed E-state index contributed by atoms with van der Waals surface area (Å²) < 4.78 is 52.3. The smallest absolute Gasteiger partial charge is 0.375 e. The summed E-state index contributed by atoms with van der Waals surface area (Å²) in [7, 11) is 0. The molecule has 1 aliphatic heterocycles. The highest BCUT2D eigenvalue weighted by Gasteiger charge is 2.60. The van der Waals surface area contributed by atoms with E-state index in [1.165, 1.54) is 9.18 Å². The minimum atomic E-state index is -4.82. The van der Waals surface area contributed by atoms with Crippen LogP contribution in [0.3, 0.4) is 0 Å². The van der Waals surface area contributed by atoms with E-state index in [4.69, 9.17) is 0 Å². The lowest BCUT2D eigenvalue weighted by Crippen LogP contribution is -2.44. The molecule has 0 aromatic heterocycles. The molecule has 1 aromatic carbocycles. The van der Waals surface area contributed by atoms with Gasteiger partial charge < -0.3 is 8.22 Å². The Morgan fingerprint density at radius 2 is 2.00 bits per heavy atom. The molecule has 0 bridgehead atoms. The van der Waals surface area contributed by atoms with Gasteiger partial charge >= 0.3 is 6.18 Å². The van der Waals surface area contributed by atoms with Gasteiger partial charge in [0, 0.05) is 5.56 Å². The number of rotatable bonds is 0.